The highest BCUT2D eigenvalue weighted by Gasteiger charge is 2.43. The average molecular weight is 453 g/mol. The van der Waals surface area contributed by atoms with E-state index in [0.717, 1.165) is 0 Å². The van der Waals surface area contributed by atoms with Crippen LogP contribution in [0.3, 0.4) is 0 Å². The molecule has 1 unspecified atom stereocenters. The van der Waals surface area contributed by atoms with E-state index in [4.69, 9.17) is 21.1 Å². The van der Waals surface area contributed by atoms with E-state index >= 15 is 0 Å². The minimum Gasteiger partial charge on any atom is -0.474 e. The first kappa shape index (κ1) is 23.4. The molecule has 8 heteroatoms. The van der Waals surface area contributed by atoms with Crippen LogP contribution >= 0.6 is 11.6 Å². The van der Waals surface area contributed by atoms with Crippen molar-refractivity contribution in [3.05, 3.63) is 58.7 Å². The number of rotatable bonds is 4. The van der Waals surface area contributed by atoms with Gasteiger partial charge in [0.05, 0.1) is 18.2 Å². The Kier molecular flexibility index (Phi) is 6.86. The number of aliphatic hydroxyl groups excluding tert-OH is 1. The van der Waals surface area contributed by atoms with Crippen molar-refractivity contribution in [1.29, 1.82) is 0 Å². The second-order valence-electron chi connectivity index (χ2n) is 9.21. The van der Waals surface area contributed by atoms with E-state index in [9.17, 15) is 14.3 Å². The number of likely N-dealkylation sites (tertiary alicyclic amines) is 1. The number of benzene rings is 1. The molecule has 0 aromatic heterocycles. The van der Waals surface area contributed by atoms with E-state index in [1.807, 2.05) is 39.8 Å². The van der Waals surface area contributed by atoms with Gasteiger partial charge in [-0.1, -0.05) is 29.8 Å². The molecule has 1 aromatic rings. The number of amides is 1. The van der Waals surface area contributed by atoms with Crippen LogP contribution in [0.5, 0.6) is 0 Å². The van der Waals surface area contributed by atoms with Crippen molar-refractivity contribution in [2.75, 3.05) is 13.1 Å². The van der Waals surface area contributed by atoms with Crippen LogP contribution in [-0.2, 0) is 16.1 Å². The maximum atomic E-state index is 14.0. The summed E-state index contributed by atoms with van der Waals surface area (Å²) in [4.78, 5) is 13.9. The molecular weight excluding hydrogens is 423 g/mol. The van der Waals surface area contributed by atoms with Crippen molar-refractivity contribution in [2.45, 2.75) is 58.0 Å². The second kappa shape index (κ2) is 9.09. The van der Waals surface area contributed by atoms with Crippen LogP contribution in [0.4, 0.5) is 9.18 Å². The Hall–Kier alpha value is -2.25. The number of dihydropyridines is 1. The lowest BCUT2D eigenvalue weighted by molar-refractivity contribution is -0.0283. The van der Waals surface area contributed by atoms with E-state index < -0.39 is 29.2 Å². The predicted octanol–water partition coefficient (Wildman–Crippen LogP) is 4.37. The molecule has 6 nitrogen and oxygen atoms in total. The first-order valence-corrected chi connectivity index (χ1v) is 10.7. The first-order valence-electron chi connectivity index (χ1n) is 10.4. The van der Waals surface area contributed by atoms with Crippen LogP contribution in [0.15, 0.2) is 42.3 Å². The third-order valence-corrected chi connectivity index (χ3v) is 5.72. The lowest BCUT2D eigenvalue weighted by Gasteiger charge is -2.45. The van der Waals surface area contributed by atoms with Gasteiger partial charge in [0, 0.05) is 23.0 Å². The Morgan fingerprint density at radius 3 is 2.81 bits per heavy atom. The number of carbonyl (C=O) groups is 1. The summed E-state index contributed by atoms with van der Waals surface area (Å²) in [6.07, 6.45) is 5.02. The van der Waals surface area contributed by atoms with Gasteiger partial charge in [0.15, 0.2) is 5.88 Å². The van der Waals surface area contributed by atoms with E-state index in [-0.39, 0.29) is 19.1 Å². The van der Waals surface area contributed by atoms with Crippen molar-refractivity contribution in [3.63, 3.8) is 0 Å². The number of piperidine rings is 1. The van der Waals surface area contributed by atoms with Crippen LogP contribution in [0, 0.1) is 11.7 Å². The summed E-state index contributed by atoms with van der Waals surface area (Å²) in [5.41, 5.74) is -0.768. The highest BCUT2D eigenvalue weighted by atomic mass is 35.5. The molecule has 0 spiro atoms. The zero-order chi connectivity index (χ0) is 22.8. The first-order chi connectivity index (χ1) is 14.5. The van der Waals surface area contributed by atoms with Gasteiger partial charge in [0.25, 0.3) is 0 Å². The molecule has 0 radical (unpaired) electrons. The van der Waals surface area contributed by atoms with Crippen LogP contribution in [0.2, 0.25) is 5.02 Å². The van der Waals surface area contributed by atoms with Crippen molar-refractivity contribution in [2.24, 2.45) is 5.92 Å². The highest BCUT2D eigenvalue weighted by Crippen LogP contribution is 2.33. The summed E-state index contributed by atoms with van der Waals surface area (Å²) in [6, 6.07) is 4.46. The molecule has 3 rings (SSSR count). The number of aliphatic hydroxyl groups is 1. The summed E-state index contributed by atoms with van der Waals surface area (Å²) in [7, 11) is 0. The van der Waals surface area contributed by atoms with Gasteiger partial charge >= 0.3 is 6.09 Å². The van der Waals surface area contributed by atoms with E-state index in [1.165, 1.54) is 6.07 Å². The number of hydrogen-bond donors (Lipinski definition) is 2. The van der Waals surface area contributed by atoms with Gasteiger partial charge < -0.3 is 24.8 Å². The monoisotopic (exact) mass is 452 g/mol. The van der Waals surface area contributed by atoms with Crippen molar-refractivity contribution < 1.29 is 23.8 Å². The Balaban J connectivity index is 1.60. The quantitative estimate of drug-likeness (QED) is 0.709. The number of hydrogen-bond acceptors (Lipinski definition) is 5. The van der Waals surface area contributed by atoms with Crippen molar-refractivity contribution >= 4 is 17.7 Å². The number of β-amino-alcohol motifs (C(OH)–C–C–N with tert-alkyl or cyclic N) is 1. The molecule has 2 aliphatic heterocycles. The normalized spacial score (nSPS) is 26.2. The summed E-state index contributed by atoms with van der Waals surface area (Å²) in [5.74, 6) is -0.0877. The Labute approximate surface area is 187 Å². The fraction of sp³-hybridized carbons (Fsp3) is 0.522. The van der Waals surface area contributed by atoms with E-state index in [2.05, 4.69) is 5.32 Å². The topological polar surface area (TPSA) is 71.0 Å². The molecule has 0 saturated carbocycles. The second-order valence-corrected chi connectivity index (χ2v) is 9.65. The van der Waals surface area contributed by atoms with E-state index in [1.54, 1.807) is 23.1 Å². The molecule has 1 fully saturated rings. The van der Waals surface area contributed by atoms with E-state index in [0.29, 0.717) is 29.4 Å². The van der Waals surface area contributed by atoms with Gasteiger partial charge in [-0.2, -0.15) is 0 Å². The number of nitrogens with zero attached hydrogens (tertiary/aromatic N) is 1. The molecule has 2 heterocycles. The molecule has 3 atom stereocenters. The Bertz CT molecular complexity index is 883. The third-order valence-electron chi connectivity index (χ3n) is 5.48. The lowest BCUT2D eigenvalue weighted by atomic mass is 9.76. The molecule has 0 bridgehead atoms. The predicted molar refractivity (Wildman–Crippen MR) is 117 cm³/mol. The number of halogens is 2. The number of ether oxygens (including phenoxy) is 2. The minimum atomic E-state index is -0.739. The number of nitrogens with one attached hydrogen (secondary N) is 1. The van der Waals surface area contributed by atoms with Gasteiger partial charge in [-0.25, -0.2) is 9.18 Å². The zero-order valence-electron chi connectivity index (χ0n) is 18.3. The molecule has 170 valence electrons. The average Bonchev–Trinajstić information content (AvgIpc) is 2.66. The largest absolute Gasteiger partial charge is 0.474 e. The molecular formula is C23H30ClFN2O4. The molecule has 31 heavy (non-hydrogen) atoms. The van der Waals surface area contributed by atoms with Crippen molar-refractivity contribution in [1.82, 2.24) is 10.2 Å². The summed E-state index contributed by atoms with van der Waals surface area (Å²) < 4.78 is 25.2. The van der Waals surface area contributed by atoms with Gasteiger partial charge in [0.2, 0.25) is 0 Å². The van der Waals surface area contributed by atoms with Crippen LogP contribution in [0.25, 0.3) is 0 Å². The smallest absolute Gasteiger partial charge is 0.410 e. The maximum Gasteiger partial charge on any atom is 0.410 e. The highest BCUT2D eigenvalue weighted by molar-refractivity contribution is 6.30. The van der Waals surface area contributed by atoms with Gasteiger partial charge in [-0.15, -0.1) is 0 Å². The number of carbonyl (C=O) groups excluding carboxylic acids is 1. The fourth-order valence-electron chi connectivity index (χ4n) is 3.90. The third kappa shape index (κ3) is 5.92. The molecule has 2 N–H and O–H groups in total. The Morgan fingerprint density at radius 2 is 2.16 bits per heavy atom. The van der Waals surface area contributed by atoms with Crippen LogP contribution in [0.1, 0.15) is 39.7 Å². The number of allylic oxidation sites excluding steroid dienone is 2. The summed E-state index contributed by atoms with van der Waals surface area (Å²) in [5, 5.41) is 14.5. The summed E-state index contributed by atoms with van der Waals surface area (Å²) in [6.45, 7) is 8.14. The fourth-order valence-corrected chi connectivity index (χ4v) is 4.06. The summed E-state index contributed by atoms with van der Waals surface area (Å²) >= 11 is 5.79. The van der Waals surface area contributed by atoms with Gasteiger partial charge in [-0.05, 0) is 52.3 Å². The van der Waals surface area contributed by atoms with Gasteiger partial charge in [-0.3, -0.25) is 0 Å². The minimum absolute atomic E-state index is 0.0470. The molecule has 1 saturated heterocycles. The maximum absolute atomic E-state index is 14.0. The molecule has 1 amide bonds. The Morgan fingerprint density at radius 1 is 1.42 bits per heavy atom. The van der Waals surface area contributed by atoms with Crippen molar-refractivity contribution in [3.8, 4) is 0 Å². The SMILES string of the molecule is CC(C)(C)OC(=O)N1CC[C@@H](C2(C)C=CC=C(OCc3ccc(Cl)cc3F)N2)[C@H](O)C1. The van der Waals surface area contributed by atoms with Gasteiger partial charge in [0.1, 0.15) is 18.0 Å². The standard InChI is InChI=1S/C23H30ClFN2O4/c1-22(2,3)31-21(29)27-11-9-17(19(28)13-27)23(4)10-5-6-20(26-23)30-14-15-7-8-16(24)12-18(15)25/h5-8,10,12,17,19,26,28H,9,11,13-14H2,1-4H3/t17-,19-,23?/m1/s1. The van der Waals surface area contributed by atoms with Crippen LogP contribution in [-0.4, -0.2) is 46.4 Å². The molecule has 1 aromatic carbocycles. The molecule has 0 aliphatic carbocycles. The van der Waals surface area contributed by atoms with Crippen LogP contribution < -0.4 is 5.32 Å². The molecule has 2 aliphatic rings. The zero-order valence-corrected chi connectivity index (χ0v) is 19.1. The lowest BCUT2D eigenvalue weighted by Crippen LogP contribution is -2.58.